The average Bonchev–Trinajstić information content (AvgIpc) is 2.41. The molecule has 0 bridgehead atoms. The highest BCUT2D eigenvalue weighted by atomic mass is 32.2. The Morgan fingerprint density at radius 1 is 0.650 bits per heavy atom. The van der Waals surface area contributed by atoms with Crippen LogP contribution in [0.2, 0.25) is 0 Å². The van der Waals surface area contributed by atoms with Crippen LogP contribution in [0.1, 0.15) is 38.5 Å². The Balaban J connectivity index is 3.38. The molecule has 0 saturated carbocycles. The van der Waals surface area contributed by atoms with E-state index >= 15 is 0 Å². The molecule has 0 atom stereocenters. The van der Waals surface area contributed by atoms with Gasteiger partial charge >= 0.3 is 0 Å². The lowest BCUT2D eigenvalue weighted by Crippen LogP contribution is -2.03. The summed E-state index contributed by atoms with van der Waals surface area (Å²) in [6, 6.07) is 0. The molecule has 8 heteroatoms. The summed E-state index contributed by atoms with van der Waals surface area (Å²) in [6.45, 7) is 6.60. The zero-order valence-corrected chi connectivity index (χ0v) is 13.1. The summed E-state index contributed by atoms with van der Waals surface area (Å²) < 4.78 is 52.9. The van der Waals surface area contributed by atoms with Crippen LogP contribution in [0.15, 0.2) is 24.0 Å². The molecule has 0 rings (SSSR count). The molecule has 0 aromatic carbocycles. The summed E-state index contributed by atoms with van der Waals surface area (Å²) in [4.78, 5) is 0. The van der Waals surface area contributed by atoms with Crippen molar-refractivity contribution in [2.75, 3.05) is 13.2 Å². The first-order valence-electron chi connectivity index (χ1n) is 6.37. The first-order valence-corrected chi connectivity index (χ1v) is 9.31. The van der Waals surface area contributed by atoms with E-state index in [0.29, 0.717) is 12.8 Å². The van der Waals surface area contributed by atoms with E-state index in [1.54, 1.807) is 0 Å². The van der Waals surface area contributed by atoms with Crippen LogP contribution in [-0.2, 0) is 28.6 Å². The molecule has 0 aromatic heterocycles. The number of rotatable bonds is 13. The quantitative estimate of drug-likeness (QED) is 0.381. The second-order valence-electron chi connectivity index (χ2n) is 4.08. The highest BCUT2D eigenvalue weighted by Gasteiger charge is 2.04. The Labute approximate surface area is 121 Å². The number of unbranched alkanes of at least 4 members (excludes halogenated alkanes) is 5. The van der Waals surface area contributed by atoms with Crippen LogP contribution in [0, 0.1) is 0 Å². The highest BCUT2D eigenvalue weighted by molar-refractivity contribution is 7.89. The van der Waals surface area contributed by atoms with Crippen LogP contribution in [0.3, 0.4) is 0 Å². The van der Waals surface area contributed by atoms with Crippen LogP contribution >= 0.6 is 0 Å². The molecule has 118 valence electrons. The van der Waals surface area contributed by atoms with E-state index in [9.17, 15) is 16.8 Å². The maximum absolute atomic E-state index is 10.9. The lowest BCUT2D eigenvalue weighted by Gasteiger charge is -2.03. The Hall–Kier alpha value is -0.700. The average molecular weight is 326 g/mol. The molecule has 0 heterocycles. The predicted molar refractivity (Wildman–Crippen MR) is 77.8 cm³/mol. The lowest BCUT2D eigenvalue weighted by molar-refractivity contribution is 0.304. The van der Waals surface area contributed by atoms with E-state index in [1.807, 2.05) is 0 Å². The molecule has 0 N–H and O–H groups in total. The smallest absolute Gasteiger partial charge is 0.267 e. The summed E-state index contributed by atoms with van der Waals surface area (Å²) in [7, 11) is -7.12. The standard InChI is InChI=1S/C12H22O6S2/c1-3-19(13,14)17-11-9-7-5-6-8-10-12-18-20(15,16)4-2/h3-4H,1-2,5-12H2. The van der Waals surface area contributed by atoms with Gasteiger partial charge in [-0.1, -0.05) is 38.8 Å². The van der Waals surface area contributed by atoms with Crippen molar-refractivity contribution in [1.82, 2.24) is 0 Å². The van der Waals surface area contributed by atoms with Gasteiger partial charge in [-0.25, -0.2) is 0 Å². The van der Waals surface area contributed by atoms with Gasteiger partial charge < -0.3 is 0 Å². The minimum atomic E-state index is -3.56. The maximum Gasteiger partial charge on any atom is 0.289 e. The van der Waals surface area contributed by atoms with Gasteiger partial charge in [0, 0.05) is 0 Å². The molecule has 0 unspecified atom stereocenters. The molecule has 20 heavy (non-hydrogen) atoms. The molecule has 0 spiro atoms. The van der Waals surface area contributed by atoms with Gasteiger partial charge in [-0.2, -0.15) is 16.8 Å². The Morgan fingerprint density at radius 3 is 1.25 bits per heavy atom. The monoisotopic (exact) mass is 326 g/mol. The molecule has 0 aliphatic rings. The van der Waals surface area contributed by atoms with E-state index in [-0.39, 0.29) is 13.2 Å². The van der Waals surface area contributed by atoms with Crippen LogP contribution in [0.4, 0.5) is 0 Å². The van der Waals surface area contributed by atoms with Crippen LogP contribution in [0.5, 0.6) is 0 Å². The molecule has 0 amide bonds. The third kappa shape index (κ3) is 11.2. The minimum absolute atomic E-state index is 0.162. The van der Waals surface area contributed by atoms with E-state index in [4.69, 9.17) is 0 Å². The Bertz CT molecular complexity index is 432. The normalized spacial score (nSPS) is 12.2. The zero-order valence-electron chi connectivity index (χ0n) is 11.5. The van der Waals surface area contributed by atoms with E-state index in [0.717, 1.165) is 36.5 Å². The van der Waals surface area contributed by atoms with Crippen molar-refractivity contribution >= 4 is 20.2 Å². The van der Waals surface area contributed by atoms with E-state index in [2.05, 4.69) is 21.5 Å². The molecular weight excluding hydrogens is 304 g/mol. The van der Waals surface area contributed by atoms with Gasteiger partial charge in [-0.15, -0.1) is 0 Å². The molecule has 0 radical (unpaired) electrons. The van der Waals surface area contributed by atoms with Gasteiger partial charge in [0.25, 0.3) is 20.2 Å². The predicted octanol–water partition coefficient (Wildman–Crippen LogP) is 2.31. The van der Waals surface area contributed by atoms with Gasteiger partial charge in [0.1, 0.15) is 0 Å². The van der Waals surface area contributed by atoms with Gasteiger partial charge in [0.15, 0.2) is 0 Å². The summed E-state index contributed by atoms with van der Waals surface area (Å²) in [6.07, 6.45) is 4.91. The summed E-state index contributed by atoms with van der Waals surface area (Å²) in [5.41, 5.74) is 0. The van der Waals surface area contributed by atoms with Crippen molar-refractivity contribution in [3.8, 4) is 0 Å². The molecular formula is C12H22O6S2. The van der Waals surface area contributed by atoms with E-state index < -0.39 is 20.2 Å². The van der Waals surface area contributed by atoms with Crippen LogP contribution in [0.25, 0.3) is 0 Å². The fourth-order valence-electron chi connectivity index (χ4n) is 1.36. The zero-order chi connectivity index (χ0) is 15.5. The van der Waals surface area contributed by atoms with E-state index in [1.165, 1.54) is 0 Å². The second kappa shape index (κ2) is 10.1. The molecule has 0 aliphatic heterocycles. The molecule has 0 aliphatic carbocycles. The third-order valence-corrected chi connectivity index (χ3v) is 4.25. The Kier molecular flexibility index (Phi) is 9.74. The topological polar surface area (TPSA) is 86.7 Å². The van der Waals surface area contributed by atoms with Gasteiger partial charge in [0.2, 0.25) is 0 Å². The lowest BCUT2D eigenvalue weighted by atomic mass is 10.1. The first kappa shape index (κ1) is 19.3. The van der Waals surface area contributed by atoms with Gasteiger partial charge in [0.05, 0.1) is 24.0 Å². The molecule has 6 nitrogen and oxygen atoms in total. The van der Waals surface area contributed by atoms with Gasteiger partial charge in [-0.05, 0) is 12.8 Å². The molecule has 0 saturated heterocycles. The van der Waals surface area contributed by atoms with Crippen LogP contribution in [-0.4, -0.2) is 30.0 Å². The van der Waals surface area contributed by atoms with Crippen LogP contribution < -0.4 is 0 Å². The largest absolute Gasteiger partial charge is 0.289 e. The first-order chi connectivity index (χ1) is 9.33. The third-order valence-electron chi connectivity index (χ3n) is 2.44. The van der Waals surface area contributed by atoms with Crippen molar-refractivity contribution in [2.24, 2.45) is 0 Å². The number of hydrogen-bond acceptors (Lipinski definition) is 6. The van der Waals surface area contributed by atoms with Gasteiger partial charge in [-0.3, -0.25) is 8.37 Å². The molecule has 0 aromatic rings. The van der Waals surface area contributed by atoms with Crippen molar-refractivity contribution < 1.29 is 25.2 Å². The molecule has 0 fully saturated rings. The SMILES string of the molecule is C=CS(=O)(=O)OCCCCCCCCOS(=O)(=O)C=C. The summed E-state index contributed by atoms with van der Waals surface area (Å²) >= 11 is 0. The van der Waals surface area contributed by atoms with Crippen molar-refractivity contribution in [3.05, 3.63) is 24.0 Å². The maximum atomic E-state index is 10.9. The van der Waals surface area contributed by atoms with Crippen molar-refractivity contribution in [3.63, 3.8) is 0 Å². The number of hydrogen-bond donors (Lipinski definition) is 0. The Morgan fingerprint density at radius 2 is 0.950 bits per heavy atom. The fraction of sp³-hybridized carbons (Fsp3) is 0.667. The second-order valence-corrected chi connectivity index (χ2v) is 7.19. The fourth-order valence-corrected chi connectivity index (χ4v) is 2.25. The highest BCUT2D eigenvalue weighted by Crippen LogP contribution is 2.07. The summed E-state index contributed by atoms with van der Waals surface area (Å²) in [5, 5.41) is 1.56. The minimum Gasteiger partial charge on any atom is -0.267 e. The van der Waals surface area contributed by atoms with Crippen molar-refractivity contribution in [1.29, 1.82) is 0 Å². The van der Waals surface area contributed by atoms with Crippen molar-refractivity contribution in [2.45, 2.75) is 38.5 Å². The summed E-state index contributed by atoms with van der Waals surface area (Å²) in [5.74, 6) is 0.